The molecule has 0 aliphatic rings. The van der Waals surface area contributed by atoms with Crippen molar-refractivity contribution >= 4 is 0 Å². The third-order valence-electron chi connectivity index (χ3n) is 1.40. The van der Waals surface area contributed by atoms with Crippen LogP contribution in [-0.4, -0.2) is 18.0 Å². The van der Waals surface area contributed by atoms with Gasteiger partial charge in [-0.1, -0.05) is 6.58 Å². The van der Waals surface area contributed by atoms with Gasteiger partial charge in [0.2, 0.25) is 0 Å². The van der Waals surface area contributed by atoms with Crippen LogP contribution in [-0.2, 0) is 4.74 Å². The van der Waals surface area contributed by atoms with Crippen LogP contribution in [0.5, 0.6) is 0 Å². The van der Waals surface area contributed by atoms with Crippen LogP contribution in [0.3, 0.4) is 0 Å². The van der Waals surface area contributed by atoms with E-state index in [0.717, 1.165) is 0 Å². The topological polar surface area (TPSA) is 9.23 Å². The summed E-state index contributed by atoms with van der Waals surface area (Å²) in [5.41, 5.74) is -4.19. The Bertz CT molecular complexity index is 176. The zero-order valence-corrected chi connectivity index (χ0v) is 6.46. The monoisotopic (exact) mass is 208 g/mol. The maximum atomic E-state index is 11.9. The van der Waals surface area contributed by atoms with E-state index in [1.807, 2.05) is 0 Å². The lowest BCUT2D eigenvalue weighted by Gasteiger charge is -2.32. The van der Waals surface area contributed by atoms with Gasteiger partial charge < -0.3 is 4.74 Å². The second kappa shape index (κ2) is 3.12. The average molecular weight is 208 g/mol. The Morgan fingerprint density at radius 2 is 1.31 bits per heavy atom. The molecule has 0 amide bonds. The number of halogens is 6. The highest BCUT2D eigenvalue weighted by molar-refractivity contribution is 4.92. The summed E-state index contributed by atoms with van der Waals surface area (Å²) in [6, 6.07) is 0. The smallest absolute Gasteiger partial charge is 0.437 e. The molecule has 0 spiro atoms. The summed E-state index contributed by atoms with van der Waals surface area (Å²) in [5, 5.41) is 0. The summed E-state index contributed by atoms with van der Waals surface area (Å²) in [4.78, 5) is 0. The van der Waals surface area contributed by atoms with Crippen molar-refractivity contribution in [3.63, 3.8) is 0 Å². The first-order valence-electron chi connectivity index (χ1n) is 2.98. The second-order valence-electron chi connectivity index (χ2n) is 2.31. The third kappa shape index (κ3) is 2.07. The summed E-state index contributed by atoms with van der Waals surface area (Å²) < 4.78 is 74.8. The summed E-state index contributed by atoms with van der Waals surface area (Å²) in [6.45, 7) is 2.55. The van der Waals surface area contributed by atoms with Gasteiger partial charge in [-0.3, -0.25) is 0 Å². The molecule has 0 bridgehead atoms. The van der Waals surface area contributed by atoms with Gasteiger partial charge in [0, 0.05) is 0 Å². The maximum absolute atomic E-state index is 11.9. The van der Waals surface area contributed by atoms with E-state index in [9.17, 15) is 26.3 Å². The van der Waals surface area contributed by atoms with E-state index >= 15 is 0 Å². The number of ether oxygens (including phenoxy) is 1. The number of rotatable bonds is 2. The molecule has 0 fully saturated rings. The molecule has 7 heteroatoms. The molecule has 0 unspecified atom stereocenters. The van der Waals surface area contributed by atoms with Crippen molar-refractivity contribution in [1.82, 2.24) is 0 Å². The molecular weight excluding hydrogens is 202 g/mol. The van der Waals surface area contributed by atoms with Crippen LogP contribution in [0.2, 0.25) is 0 Å². The lowest BCUT2D eigenvalue weighted by atomic mass is 10.1. The van der Waals surface area contributed by atoms with Gasteiger partial charge in [-0.05, 0) is 6.92 Å². The molecule has 0 aliphatic carbocycles. The van der Waals surface area contributed by atoms with Gasteiger partial charge in [-0.2, -0.15) is 26.3 Å². The molecule has 0 radical (unpaired) electrons. The molecule has 1 nitrogen and oxygen atoms in total. The van der Waals surface area contributed by atoms with E-state index in [2.05, 4.69) is 11.3 Å². The minimum absolute atomic E-state index is 0.103. The van der Waals surface area contributed by atoms with Gasteiger partial charge in [0.15, 0.2) is 0 Å². The highest BCUT2D eigenvalue weighted by Crippen LogP contribution is 2.45. The van der Waals surface area contributed by atoms with Gasteiger partial charge >= 0.3 is 12.4 Å². The largest absolute Gasteiger partial charge is 0.477 e. The number of hydrogen-bond donors (Lipinski definition) is 0. The normalized spacial score (nSPS) is 14.1. The predicted octanol–water partition coefficient (Wildman–Crippen LogP) is 3.03. The van der Waals surface area contributed by atoms with Crippen molar-refractivity contribution in [2.45, 2.75) is 24.9 Å². The first-order valence-corrected chi connectivity index (χ1v) is 2.98. The Kier molecular flexibility index (Phi) is 2.90. The van der Waals surface area contributed by atoms with Crippen LogP contribution in [0.1, 0.15) is 6.92 Å². The maximum Gasteiger partial charge on any atom is 0.437 e. The first-order chi connectivity index (χ1) is 5.56. The van der Waals surface area contributed by atoms with E-state index in [1.165, 1.54) is 0 Å². The molecule has 13 heavy (non-hydrogen) atoms. The quantitative estimate of drug-likeness (QED) is 0.500. The Labute approximate surface area is 70.0 Å². The molecule has 0 rings (SSSR count). The molecule has 0 aromatic heterocycles. The Hall–Kier alpha value is -0.880. The Morgan fingerprint density at radius 1 is 1.00 bits per heavy atom. The van der Waals surface area contributed by atoms with Crippen LogP contribution in [0, 0.1) is 0 Å². The van der Waals surface area contributed by atoms with E-state index in [4.69, 9.17) is 0 Å². The highest BCUT2D eigenvalue weighted by atomic mass is 19.4. The minimum atomic E-state index is -5.53. The lowest BCUT2D eigenvalue weighted by molar-refractivity contribution is -0.361. The Balaban J connectivity index is 5.07. The van der Waals surface area contributed by atoms with Crippen molar-refractivity contribution in [2.75, 3.05) is 0 Å². The summed E-state index contributed by atoms with van der Waals surface area (Å²) >= 11 is 0. The number of alkyl halides is 6. The van der Waals surface area contributed by atoms with Crippen molar-refractivity contribution in [2.24, 2.45) is 0 Å². The van der Waals surface area contributed by atoms with Crippen molar-refractivity contribution < 1.29 is 31.1 Å². The SMILES string of the molecule is C=COC(C)(C(F)(F)F)C(F)(F)F. The molecule has 0 N–H and O–H groups in total. The van der Waals surface area contributed by atoms with Crippen LogP contribution < -0.4 is 0 Å². The predicted molar refractivity (Wildman–Crippen MR) is 31.8 cm³/mol. The van der Waals surface area contributed by atoms with Crippen LogP contribution in [0.4, 0.5) is 26.3 Å². The molecule has 78 valence electrons. The van der Waals surface area contributed by atoms with E-state index < -0.39 is 18.0 Å². The van der Waals surface area contributed by atoms with E-state index in [0.29, 0.717) is 0 Å². The zero-order valence-electron chi connectivity index (χ0n) is 6.46. The molecule has 0 atom stereocenters. The third-order valence-corrected chi connectivity index (χ3v) is 1.40. The van der Waals surface area contributed by atoms with Gasteiger partial charge in [-0.25, -0.2) is 0 Å². The second-order valence-corrected chi connectivity index (χ2v) is 2.31. The van der Waals surface area contributed by atoms with Gasteiger partial charge in [0.1, 0.15) is 0 Å². The zero-order chi connectivity index (χ0) is 10.9. The fourth-order valence-electron chi connectivity index (χ4n) is 0.461. The molecule has 0 saturated heterocycles. The van der Waals surface area contributed by atoms with Crippen molar-refractivity contribution in [3.05, 3.63) is 12.8 Å². The van der Waals surface area contributed by atoms with Crippen molar-refractivity contribution in [1.29, 1.82) is 0 Å². The van der Waals surface area contributed by atoms with E-state index in [1.54, 1.807) is 0 Å². The first kappa shape index (κ1) is 12.1. The fourth-order valence-corrected chi connectivity index (χ4v) is 0.461. The van der Waals surface area contributed by atoms with Gasteiger partial charge in [-0.15, -0.1) is 0 Å². The van der Waals surface area contributed by atoms with Gasteiger partial charge in [0.25, 0.3) is 5.60 Å². The van der Waals surface area contributed by atoms with E-state index in [-0.39, 0.29) is 13.2 Å². The Morgan fingerprint density at radius 3 is 1.38 bits per heavy atom. The summed E-state index contributed by atoms with van der Waals surface area (Å²) in [5.74, 6) is 0. The van der Waals surface area contributed by atoms with Crippen LogP contribution >= 0.6 is 0 Å². The summed E-state index contributed by atoms with van der Waals surface area (Å²) in [7, 11) is 0. The standard InChI is InChI=1S/C6H6F6O/c1-3-13-4(2,5(7,8)9)6(10,11)12/h3H,1H2,2H3. The molecule has 0 aromatic rings. The van der Waals surface area contributed by atoms with Gasteiger partial charge in [0.05, 0.1) is 6.26 Å². The summed E-state index contributed by atoms with van der Waals surface area (Å²) in [6.07, 6.45) is -10.9. The minimum Gasteiger partial charge on any atom is -0.477 e. The molecule has 0 aliphatic heterocycles. The molecule has 0 saturated carbocycles. The van der Waals surface area contributed by atoms with Crippen molar-refractivity contribution in [3.8, 4) is 0 Å². The van der Waals surface area contributed by atoms with Crippen LogP contribution in [0.15, 0.2) is 12.8 Å². The number of hydrogen-bond acceptors (Lipinski definition) is 1. The average Bonchev–Trinajstić information content (AvgIpc) is 1.82. The molecule has 0 aromatic carbocycles. The molecule has 0 heterocycles. The lowest BCUT2D eigenvalue weighted by Crippen LogP contribution is -2.55. The fraction of sp³-hybridized carbons (Fsp3) is 0.667. The highest BCUT2D eigenvalue weighted by Gasteiger charge is 2.70. The molecular formula is C6H6F6O. The van der Waals surface area contributed by atoms with Crippen LogP contribution in [0.25, 0.3) is 0 Å².